The van der Waals surface area contributed by atoms with Gasteiger partial charge in [-0.3, -0.25) is 9.88 Å². The minimum atomic E-state index is 0.692. The Kier molecular flexibility index (Phi) is 5.16. The van der Waals surface area contributed by atoms with Gasteiger partial charge in [-0.15, -0.1) is 0 Å². The summed E-state index contributed by atoms with van der Waals surface area (Å²) in [6, 6.07) is 2.81. The topological polar surface area (TPSA) is 31.4 Å². The number of pyridine rings is 1. The second kappa shape index (κ2) is 6.87. The zero-order valence-corrected chi connectivity index (χ0v) is 12.4. The van der Waals surface area contributed by atoms with Gasteiger partial charge >= 0.3 is 0 Å². The Morgan fingerprint density at radius 3 is 2.89 bits per heavy atom. The summed E-state index contributed by atoms with van der Waals surface area (Å²) in [5, 5.41) is 3.24. The van der Waals surface area contributed by atoms with E-state index in [0.29, 0.717) is 6.04 Å². The molecule has 1 saturated heterocycles. The maximum Gasteiger partial charge on any atom is 0.0598 e. The molecule has 1 aliphatic heterocycles. The molecule has 0 saturated carbocycles. The van der Waals surface area contributed by atoms with Crippen molar-refractivity contribution in [3.63, 3.8) is 0 Å². The van der Waals surface area contributed by atoms with Gasteiger partial charge in [0.2, 0.25) is 0 Å². The average Bonchev–Trinajstić information content (AvgIpc) is 2.91. The molecular formula is C15H26N4. The van der Waals surface area contributed by atoms with Crippen LogP contribution in [-0.4, -0.2) is 49.2 Å². The fourth-order valence-corrected chi connectivity index (χ4v) is 3.04. The van der Waals surface area contributed by atoms with Crippen LogP contribution in [0.3, 0.4) is 0 Å². The maximum atomic E-state index is 4.30. The summed E-state index contributed by atoms with van der Waals surface area (Å²) in [6.07, 6.45) is 5.15. The van der Waals surface area contributed by atoms with Gasteiger partial charge < -0.3 is 10.2 Å². The summed E-state index contributed by atoms with van der Waals surface area (Å²) in [6.45, 7) is 9.97. The zero-order chi connectivity index (χ0) is 13.7. The monoisotopic (exact) mass is 262 g/mol. The number of hydrogen-bond donors (Lipinski definition) is 1. The smallest absolute Gasteiger partial charge is 0.0598 e. The molecule has 4 nitrogen and oxygen atoms in total. The Hall–Kier alpha value is -1.13. The fourth-order valence-electron chi connectivity index (χ4n) is 3.04. The van der Waals surface area contributed by atoms with E-state index in [9.17, 15) is 0 Å². The summed E-state index contributed by atoms with van der Waals surface area (Å²) in [4.78, 5) is 9.35. The summed E-state index contributed by atoms with van der Waals surface area (Å²) in [7, 11) is 1.99. The first-order valence-corrected chi connectivity index (χ1v) is 7.36. The number of likely N-dealkylation sites (N-methyl/N-ethyl adjacent to an activating group) is 1. The Balaban J connectivity index is 2.08. The van der Waals surface area contributed by atoms with E-state index in [4.69, 9.17) is 0 Å². The van der Waals surface area contributed by atoms with Crippen LogP contribution in [0.15, 0.2) is 18.5 Å². The van der Waals surface area contributed by atoms with E-state index in [0.717, 1.165) is 32.7 Å². The van der Waals surface area contributed by atoms with E-state index in [1.54, 1.807) is 0 Å². The third-order valence-corrected chi connectivity index (χ3v) is 4.09. The first-order chi connectivity index (χ1) is 9.30. The molecule has 0 radical (unpaired) electrons. The molecule has 1 aromatic heterocycles. The van der Waals surface area contributed by atoms with Crippen molar-refractivity contribution in [1.82, 2.24) is 15.2 Å². The highest BCUT2D eigenvalue weighted by Gasteiger charge is 2.27. The van der Waals surface area contributed by atoms with Gasteiger partial charge in [0.25, 0.3) is 0 Å². The number of nitrogens with one attached hydrogen (secondary N) is 1. The predicted octanol–water partition coefficient (Wildman–Crippen LogP) is 1.72. The van der Waals surface area contributed by atoms with Crippen LogP contribution in [0.4, 0.5) is 5.69 Å². The summed E-state index contributed by atoms with van der Waals surface area (Å²) in [5.74, 6) is 0. The van der Waals surface area contributed by atoms with Crippen LogP contribution in [0.5, 0.6) is 0 Å². The lowest BCUT2D eigenvalue weighted by Gasteiger charge is -2.27. The van der Waals surface area contributed by atoms with Gasteiger partial charge in [0.1, 0.15) is 0 Å². The molecule has 19 heavy (non-hydrogen) atoms. The van der Waals surface area contributed by atoms with Gasteiger partial charge in [-0.25, -0.2) is 0 Å². The molecule has 1 aliphatic rings. The molecule has 1 N–H and O–H groups in total. The highest BCUT2D eigenvalue weighted by Crippen LogP contribution is 2.25. The first kappa shape index (κ1) is 14.3. The molecule has 1 unspecified atom stereocenters. The third kappa shape index (κ3) is 3.25. The quantitative estimate of drug-likeness (QED) is 0.846. The molecule has 0 spiro atoms. The number of anilines is 1. The van der Waals surface area contributed by atoms with Crippen molar-refractivity contribution in [2.24, 2.45) is 0 Å². The molecule has 4 heteroatoms. The van der Waals surface area contributed by atoms with Gasteiger partial charge in [-0.2, -0.15) is 0 Å². The van der Waals surface area contributed by atoms with Crippen LogP contribution >= 0.6 is 0 Å². The lowest BCUT2D eigenvalue weighted by molar-refractivity contribution is 0.232. The van der Waals surface area contributed by atoms with Crippen LogP contribution in [0, 0.1) is 0 Å². The molecule has 106 valence electrons. The highest BCUT2D eigenvalue weighted by molar-refractivity contribution is 5.52. The van der Waals surface area contributed by atoms with Crippen LogP contribution in [0.25, 0.3) is 0 Å². The summed E-state index contributed by atoms with van der Waals surface area (Å²) in [5.41, 5.74) is 2.64. The number of nitrogens with zero attached hydrogens (tertiary/aromatic N) is 3. The maximum absolute atomic E-state index is 4.30. The summed E-state index contributed by atoms with van der Waals surface area (Å²) < 4.78 is 0. The third-order valence-electron chi connectivity index (χ3n) is 4.09. The fraction of sp³-hybridized carbons (Fsp3) is 0.667. The van der Waals surface area contributed by atoms with Gasteiger partial charge in [-0.05, 0) is 38.2 Å². The Morgan fingerprint density at radius 1 is 1.42 bits per heavy atom. The molecule has 1 aromatic rings. The van der Waals surface area contributed by atoms with E-state index < -0.39 is 0 Å². The molecule has 0 bridgehead atoms. The van der Waals surface area contributed by atoms with E-state index in [1.807, 2.05) is 19.4 Å². The molecule has 1 fully saturated rings. The lowest BCUT2D eigenvalue weighted by Crippen LogP contribution is -2.37. The molecule has 0 aliphatic carbocycles. The second-order valence-electron chi connectivity index (χ2n) is 5.14. The molecule has 0 aromatic carbocycles. The van der Waals surface area contributed by atoms with Crippen molar-refractivity contribution in [2.75, 3.05) is 38.1 Å². The Bertz CT molecular complexity index is 389. The number of aromatic nitrogens is 1. The SMILES string of the molecule is CCN(CC)C1CCN(c2cnccc2CNC)C1. The highest BCUT2D eigenvalue weighted by atomic mass is 15.3. The average molecular weight is 262 g/mol. The molecule has 1 atom stereocenters. The van der Waals surface area contributed by atoms with Crippen LogP contribution in [-0.2, 0) is 6.54 Å². The number of hydrogen-bond acceptors (Lipinski definition) is 4. The normalized spacial score (nSPS) is 19.4. The van der Waals surface area contributed by atoms with Gasteiger partial charge in [-0.1, -0.05) is 13.8 Å². The van der Waals surface area contributed by atoms with Crippen molar-refractivity contribution in [3.05, 3.63) is 24.0 Å². The zero-order valence-electron chi connectivity index (χ0n) is 12.4. The first-order valence-electron chi connectivity index (χ1n) is 7.36. The van der Waals surface area contributed by atoms with Crippen LogP contribution < -0.4 is 10.2 Å². The van der Waals surface area contributed by atoms with E-state index in [1.165, 1.54) is 17.7 Å². The molecule has 2 heterocycles. The molecule has 2 rings (SSSR count). The van der Waals surface area contributed by atoms with E-state index in [2.05, 4.69) is 40.0 Å². The van der Waals surface area contributed by atoms with Crippen LogP contribution in [0.2, 0.25) is 0 Å². The van der Waals surface area contributed by atoms with Crippen molar-refractivity contribution >= 4 is 5.69 Å². The van der Waals surface area contributed by atoms with Gasteiger partial charge in [0.15, 0.2) is 0 Å². The molecular weight excluding hydrogens is 236 g/mol. The largest absolute Gasteiger partial charge is 0.368 e. The van der Waals surface area contributed by atoms with Gasteiger partial charge in [0, 0.05) is 31.9 Å². The second-order valence-corrected chi connectivity index (χ2v) is 5.14. The summed E-state index contributed by atoms with van der Waals surface area (Å²) >= 11 is 0. The van der Waals surface area contributed by atoms with Crippen molar-refractivity contribution in [1.29, 1.82) is 0 Å². The van der Waals surface area contributed by atoms with Crippen molar-refractivity contribution in [2.45, 2.75) is 32.9 Å². The van der Waals surface area contributed by atoms with Crippen LogP contribution in [0.1, 0.15) is 25.8 Å². The van der Waals surface area contributed by atoms with Gasteiger partial charge in [0.05, 0.1) is 11.9 Å². The minimum absolute atomic E-state index is 0.692. The number of rotatable bonds is 6. The van der Waals surface area contributed by atoms with E-state index >= 15 is 0 Å². The van der Waals surface area contributed by atoms with E-state index in [-0.39, 0.29) is 0 Å². The predicted molar refractivity (Wildman–Crippen MR) is 80.5 cm³/mol. The molecule has 0 amide bonds. The Labute approximate surface area is 116 Å². The Morgan fingerprint density at radius 2 is 2.21 bits per heavy atom. The minimum Gasteiger partial charge on any atom is -0.368 e. The standard InChI is InChI=1S/C15H26N4/c1-4-18(5-2)14-7-9-19(12-14)15-11-17-8-6-13(15)10-16-3/h6,8,11,14,16H,4-5,7,9-10,12H2,1-3H3. The van der Waals surface area contributed by atoms with Crippen molar-refractivity contribution in [3.8, 4) is 0 Å². The lowest BCUT2D eigenvalue weighted by atomic mass is 10.2. The van der Waals surface area contributed by atoms with Crippen molar-refractivity contribution < 1.29 is 0 Å².